The van der Waals surface area contributed by atoms with Crippen molar-refractivity contribution in [1.29, 1.82) is 5.26 Å². The van der Waals surface area contributed by atoms with E-state index < -0.39 is 0 Å². The summed E-state index contributed by atoms with van der Waals surface area (Å²) in [5.41, 5.74) is 0.899. The molecule has 0 aliphatic rings. The Labute approximate surface area is 110 Å². The molecule has 0 aliphatic carbocycles. The van der Waals surface area contributed by atoms with Gasteiger partial charge in [-0.3, -0.25) is 5.32 Å². The minimum atomic E-state index is -0.305. The van der Waals surface area contributed by atoms with Crippen LogP contribution >= 0.6 is 27.5 Å². The summed E-state index contributed by atoms with van der Waals surface area (Å²) in [4.78, 5) is 0. The molecule has 2 atom stereocenters. The first kappa shape index (κ1) is 13.5. The molecule has 0 aromatic heterocycles. The summed E-state index contributed by atoms with van der Waals surface area (Å²) in [6.45, 7) is 4.14. The predicted octanol–water partition coefficient (Wildman–Crippen LogP) is 4.06. The maximum absolute atomic E-state index is 9.12. The van der Waals surface area contributed by atoms with Gasteiger partial charge in [-0.2, -0.15) is 5.26 Å². The molecule has 0 fully saturated rings. The molecule has 4 heteroatoms. The van der Waals surface area contributed by atoms with Gasteiger partial charge in [-0.15, -0.1) is 0 Å². The molecule has 0 heterocycles. The standard InChI is InChI=1S/C12H14BrClN2/c1-3-8(2)16-12(7-15)9-4-5-10(13)11(14)6-9/h4-6,8,12,16H,3H2,1-2H3. The van der Waals surface area contributed by atoms with Crippen LogP contribution in [-0.2, 0) is 0 Å². The SMILES string of the molecule is CCC(C)NC(C#N)c1ccc(Br)c(Cl)c1. The van der Waals surface area contributed by atoms with Crippen molar-refractivity contribution in [2.45, 2.75) is 32.4 Å². The highest BCUT2D eigenvalue weighted by molar-refractivity contribution is 9.10. The van der Waals surface area contributed by atoms with E-state index in [0.717, 1.165) is 16.5 Å². The summed E-state index contributed by atoms with van der Waals surface area (Å²) in [5.74, 6) is 0. The fourth-order valence-electron chi connectivity index (χ4n) is 1.30. The number of nitrogens with one attached hydrogen (secondary N) is 1. The lowest BCUT2D eigenvalue weighted by Gasteiger charge is -2.17. The minimum Gasteiger partial charge on any atom is -0.296 e. The largest absolute Gasteiger partial charge is 0.296 e. The summed E-state index contributed by atoms with van der Waals surface area (Å²) >= 11 is 9.33. The third-order valence-corrected chi connectivity index (χ3v) is 3.70. The molecule has 86 valence electrons. The fraction of sp³-hybridized carbons (Fsp3) is 0.417. The van der Waals surface area contributed by atoms with Gasteiger partial charge in [0, 0.05) is 10.5 Å². The number of halogens is 2. The molecule has 0 saturated heterocycles. The molecule has 1 aromatic carbocycles. The van der Waals surface area contributed by atoms with E-state index in [1.807, 2.05) is 18.2 Å². The first-order valence-electron chi connectivity index (χ1n) is 5.19. The van der Waals surface area contributed by atoms with Gasteiger partial charge in [-0.05, 0) is 47.0 Å². The third kappa shape index (κ3) is 3.48. The van der Waals surface area contributed by atoms with E-state index in [1.165, 1.54) is 0 Å². The van der Waals surface area contributed by atoms with Crippen LogP contribution < -0.4 is 5.32 Å². The van der Waals surface area contributed by atoms with Crippen molar-refractivity contribution in [3.63, 3.8) is 0 Å². The topological polar surface area (TPSA) is 35.8 Å². The molecular weight excluding hydrogens is 288 g/mol. The van der Waals surface area contributed by atoms with Crippen LogP contribution in [0, 0.1) is 11.3 Å². The quantitative estimate of drug-likeness (QED) is 0.910. The van der Waals surface area contributed by atoms with Gasteiger partial charge in [-0.1, -0.05) is 24.6 Å². The Bertz CT molecular complexity index is 400. The summed E-state index contributed by atoms with van der Waals surface area (Å²) in [5, 5.41) is 13.0. The van der Waals surface area contributed by atoms with E-state index in [1.54, 1.807) is 0 Å². The van der Waals surface area contributed by atoms with Gasteiger partial charge in [0.1, 0.15) is 6.04 Å². The normalized spacial score (nSPS) is 14.2. The second-order valence-corrected chi connectivity index (χ2v) is 4.97. The maximum atomic E-state index is 9.12. The molecule has 16 heavy (non-hydrogen) atoms. The lowest BCUT2D eigenvalue weighted by molar-refractivity contribution is 0.501. The summed E-state index contributed by atoms with van der Waals surface area (Å²) in [6.07, 6.45) is 0.989. The average Bonchev–Trinajstić information content (AvgIpc) is 2.29. The number of nitriles is 1. The second kappa shape index (κ2) is 6.24. The maximum Gasteiger partial charge on any atom is 0.121 e. The highest BCUT2D eigenvalue weighted by Gasteiger charge is 2.13. The van der Waals surface area contributed by atoms with Crippen molar-refractivity contribution in [3.8, 4) is 6.07 Å². The van der Waals surface area contributed by atoms with E-state index >= 15 is 0 Å². The monoisotopic (exact) mass is 300 g/mol. The van der Waals surface area contributed by atoms with Gasteiger partial charge in [0.2, 0.25) is 0 Å². The van der Waals surface area contributed by atoms with Crippen molar-refractivity contribution in [2.24, 2.45) is 0 Å². The molecule has 0 radical (unpaired) electrons. The van der Waals surface area contributed by atoms with E-state index in [-0.39, 0.29) is 6.04 Å². The Kier molecular flexibility index (Phi) is 5.27. The molecule has 1 aromatic rings. The first-order chi connectivity index (χ1) is 7.58. The van der Waals surface area contributed by atoms with Crippen molar-refractivity contribution >= 4 is 27.5 Å². The highest BCUT2D eigenvalue weighted by Crippen LogP contribution is 2.26. The number of rotatable bonds is 4. The van der Waals surface area contributed by atoms with Gasteiger partial charge in [0.25, 0.3) is 0 Å². The Morgan fingerprint density at radius 3 is 2.75 bits per heavy atom. The number of hydrogen-bond donors (Lipinski definition) is 1. The van der Waals surface area contributed by atoms with E-state index in [9.17, 15) is 0 Å². The lowest BCUT2D eigenvalue weighted by Crippen LogP contribution is -2.29. The predicted molar refractivity (Wildman–Crippen MR) is 70.4 cm³/mol. The van der Waals surface area contributed by atoms with Gasteiger partial charge < -0.3 is 0 Å². The van der Waals surface area contributed by atoms with E-state index in [4.69, 9.17) is 16.9 Å². The molecular formula is C12H14BrClN2. The lowest BCUT2D eigenvalue weighted by atomic mass is 10.1. The van der Waals surface area contributed by atoms with Crippen molar-refractivity contribution < 1.29 is 0 Å². The minimum absolute atomic E-state index is 0.305. The van der Waals surface area contributed by atoms with Crippen LogP contribution in [0.1, 0.15) is 31.9 Å². The van der Waals surface area contributed by atoms with E-state index in [0.29, 0.717) is 11.1 Å². The third-order valence-electron chi connectivity index (χ3n) is 2.47. The smallest absolute Gasteiger partial charge is 0.121 e. The summed E-state index contributed by atoms with van der Waals surface area (Å²) < 4.78 is 0.846. The molecule has 0 bridgehead atoms. The van der Waals surface area contributed by atoms with Crippen LogP contribution in [0.25, 0.3) is 0 Å². The van der Waals surface area contributed by atoms with Gasteiger partial charge in [0.05, 0.1) is 11.1 Å². The highest BCUT2D eigenvalue weighted by atomic mass is 79.9. The number of hydrogen-bond acceptors (Lipinski definition) is 2. The Balaban J connectivity index is 2.88. The Morgan fingerprint density at radius 1 is 1.56 bits per heavy atom. The van der Waals surface area contributed by atoms with Crippen molar-refractivity contribution in [1.82, 2.24) is 5.32 Å². The molecule has 0 saturated carbocycles. The summed E-state index contributed by atoms with van der Waals surface area (Å²) in [6, 6.07) is 7.83. The zero-order valence-corrected chi connectivity index (χ0v) is 11.6. The Hall–Kier alpha value is -0.560. The van der Waals surface area contributed by atoms with Crippen LogP contribution in [0.3, 0.4) is 0 Å². The van der Waals surface area contributed by atoms with Crippen molar-refractivity contribution in [2.75, 3.05) is 0 Å². The fourth-order valence-corrected chi connectivity index (χ4v) is 1.74. The average molecular weight is 302 g/mol. The molecule has 1 rings (SSSR count). The molecule has 2 nitrogen and oxygen atoms in total. The summed E-state index contributed by atoms with van der Waals surface area (Å²) in [7, 11) is 0. The van der Waals surface area contributed by atoms with Crippen LogP contribution in [-0.4, -0.2) is 6.04 Å². The van der Waals surface area contributed by atoms with Gasteiger partial charge >= 0.3 is 0 Å². The first-order valence-corrected chi connectivity index (χ1v) is 6.36. The zero-order chi connectivity index (χ0) is 12.1. The van der Waals surface area contributed by atoms with Crippen LogP contribution in [0.4, 0.5) is 0 Å². The van der Waals surface area contributed by atoms with Gasteiger partial charge in [-0.25, -0.2) is 0 Å². The second-order valence-electron chi connectivity index (χ2n) is 3.71. The van der Waals surface area contributed by atoms with Crippen LogP contribution in [0.2, 0.25) is 5.02 Å². The molecule has 2 unspecified atom stereocenters. The number of nitrogens with zero attached hydrogens (tertiary/aromatic N) is 1. The Morgan fingerprint density at radius 2 is 2.25 bits per heavy atom. The van der Waals surface area contributed by atoms with Crippen molar-refractivity contribution in [3.05, 3.63) is 33.3 Å². The zero-order valence-electron chi connectivity index (χ0n) is 9.30. The number of benzene rings is 1. The van der Waals surface area contributed by atoms with E-state index in [2.05, 4.69) is 41.2 Å². The molecule has 0 spiro atoms. The molecule has 0 amide bonds. The van der Waals surface area contributed by atoms with Crippen LogP contribution in [0.5, 0.6) is 0 Å². The molecule has 1 N–H and O–H groups in total. The van der Waals surface area contributed by atoms with Crippen LogP contribution in [0.15, 0.2) is 22.7 Å². The molecule has 0 aliphatic heterocycles. The van der Waals surface area contributed by atoms with Gasteiger partial charge in [0.15, 0.2) is 0 Å².